The van der Waals surface area contributed by atoms with Gasteiger partial charge in [0.05, 0.1) is 5.02 Å². The van der Waals surface area contributed by atoms with E-state index in [9.17, 15) is 0 Å². The van der Waals surface area contributed by atoms with Crippen molar-refractivity contribution in [3.63, 3.8) is 0 Å². The fourth-order valence-electron chi connectivity index (χ4n) is 1.16. The van der Waals surface area contributed by atoms with E-state index in [2.05, 4.69) is 15.0 Å². The molecule has 4 nitrogen and oxygen atoms in total. The highest BCUT2D eigenvalue weighted by molar-refractivity contribution is 7.99. The number of aryl methyl sites for hydroxylation is 1. The van der Waals surface area contributed by atoms with E-state index in [4.69, 9.17) is 17.3 Å². The molecule has 2 aromatic heterocycles. The number of aromatic nitrogens is 3. The molecule has 0 unspecified atom stereocenters. The van der Waals surface area contributed by atoms with Crippen LogP contribution in [0.2, 0.25) is 5.02 Å². The number of anilines is 1. The first-order valence-corrected chi connectivity index (χ1v) is 5.74. The standard InChI is InChI=1S/C10H9ClN4S/c1-6-5-8(15-10(12)14-6)16-9-7(11)3-2-4-13-9/h2-5H,1H3,(H2,12,14,15). The van der Waals surface area contributed by atoms with Gasteiger partial charge < -0.3 is 5.73 Å². The minimum Gasteiger partial charge on any atom is -0.368 e. The van der Waals surface area contributed by atoms with Gasteiger partial charge in [-0.3, -0.25) is 0 Å². The lowest BCUT2D eigenvalue weighted by atomic mass is 10.5. The van der Waals surface area contributed by atoms with Crippen molar-refractivity contribution >= 4 is 29.3 Å². The molecule has 6 heteroatoms. The van der Waals surface area contributed by atoms with Gasteiger partial charge in [0.15, 0.2) is 0 Å². The molecule has 0 radical (unpaired) electrons. The Balaban J connectivity index is 2.30. The predicted octanol–water partition coefficient (Wildman–Crippen LogP) is 2.57. The van der Waals surface area contributed by atoms with Crippen molar-refractivity contribution in [1.82, 2.24) is 15.0 Å². The van der Waals surface area contributed by atoms with E-state index in [1.807, 2.05) is 13.0 Å². The zero-order valence-electron chi connectivity index (χ0n) is 8.51. The Morgan fingerprint density at radius 1 is 1.38 bits per heavy atom. The first-order valence-electron chi connectivity index (χ1n) is 4.54. The lowest BCUT2D eigenvalue weighted by molar-refractivity contribution is 1.02. The highest BCUT2D eigenvalue weighted by Gasteiger charge is 2.06. The van der Waals surface area contributed by atoms with Crippen molar-refractivity contribution in [2.45, 2.75) is 17.0 Å². The number of nitrogen functional groups attached to an aromatic ring is 1. The monoisotopic (exact) mass is 252 g/mol. The number of nitrogens with two attached hydrogens (primary N) is 1. The van der Waals surface area contributed by atoms with Gasteiger partial charge in [0, 0.05) is 11.9 Å². The van der Waals surface area contributed by atoms with Gasteiger partial charge in [0.1, 0.15) is 10.1 Å². The second-order valence-corrected chi connectivity index (χ2v) is 4.51. The van der Waals surface area contributed by atoms with E-state index in [0.29, 0.717) is 10.0 Å². The Morgan fingerprint density at radius 2 is 2.19 bits per heavy atom. The summed E-state index contributed by atoms with van der Waals surface area (Å²) < 4.78 is 0. The zero-order chi connectivity index (χ0) is 11.5. The van der Waals surface area contributed by atoms with Gasteiger partial charge >= 0.3 is 0 Å². The summed E-state index contributed by atoms with van der Waals surface area (Å²) in [6, 6.07) is 5.41. The summed E-state index contributed by atoms with van der Waals surface area (Å²) in [4.78, 5) is 12.3. The Labute approximate surface area is 102 Å². The topological polar surface area (TPSA) is 64.7 Å². The van der Waals surface area contributed by atoms with Crippen LogP contribution in [0.5, 0.6) is 0 Å². The van der Waals surface area contributed by atoms with E-state index in [1.165, 1.54) is 11.8 Å². The lowest BCUT2D eigenvalue weighted by Gasteiger charge is -2.03. The molecule has 0 atom stereocenters. The smallest absolute Gasteiger partial charge is 0.221 e. The van der Waals surface area contributed by atoms with Crippen LogP contribution in [0.4, 0.5) is 5.95 Å². The molecular formula is C10H9ClN4S. The average molecular weight is 253 g/mol. The summed E-state index contributed by atoms with van der Waals surface area (Å²) in [5.41, 5.74) is 6.38. The fourth-order valence-corrected chi connectivity index (χ4v) is 2.24. The summed E-state index contributed by atoms with van der Waals surface area (Å²) in [6.07, 6.45) is 1.69. The SMILES string of the molecule is Cc1cc(Sc2ncccc2Cl)nc(N)n1. The largest absolute Gasteiger partial charge is 0.368 e. The Morgan fingerprint density at radius 3 is 2.88 bits per heavy atom. The van der Waals surface area contributed by atoms with Crippen molar-refractivity contribution in [3.05, 3.63) is 35.1 Å². The van der Waals surface area contributed by atoms with E-state index in [-0.39, 0.29) is 5.95 Å². The molecule has 0 fully saturated rings. The second-order valence-electron chi connectivity index (χ2n) is 3.10. The van der Waals surface area contributed by atoms with Gasteiger partial charge in [-0.15, -0.1) is 0 Å². The molecule has 16 heavy (non-hydrogen) atoms. The van der Waals surface area contributed by atoms with Crippen molar-refractivity contribution in [3.8, 4) is 0 Å². The maximum atomic E-state index is 6.00. The number of nitrogens with zero attached hydrogens (tertiary/aromatic N) is 3. The molecule has 0 saturated heterocycles. The minimum absolute atomic E-state index is 0.259. The molecule has 0 aliphatic carbocycles. The highest BCUT2D eigenvalue weighted by Crippen LogP contribution is 2.30. The Kier molecular flexibility index (Phi) is 3.26. The lowest BCUT2D eigenvalue weighted by Crippen LogP contribution is -1.97. The van der Waals surface area contributed by atoms with Crippen LogP contribution < -0.4 is 5.73 Å². The average Bonchev–Trinajstić information content (AvgIpc) is 2.20. The first kappa shape index (κ1) is 11.2. The summed E-state index contributed by atoms with van der Waals surface area (Å²) in [5.74, 6) is 0.259. The van der Waals surface area contributed by atoms with Crippen molar-refractivity contribution < 1.29 is 0 Å². The number of pyridine rings is 1. The maximum absolute atomic E-state index is 6.00. The molecule has 2 N–H and O–H groups in total. The summed E-state index contributed by atoms with van der Waals surface area (Å²) in [5, 5.41) is 2.05. The van der Waals surface area contributed by atoms with Crippen molar-refractivity contribution in [2.75, 3.05) is 5.73 Å². The van der Waals surface area contributed by atoms with Gasteiger partial charge in [0.25, 0.3) is 0 Å². The molecule has 0 bridgehead atoms. The van der Waals surface area contributed by atoms with Gasteiger partial charge in [0.2, 0.25) is 5.95 Å². The number of hydrogen-bond donors (Lipinski definition) is 1. The Bertz CT molecular complexity index is 498. The molecule has 0 aliphatic rings. The molecular weight excluding hydrogens is 244 g/mol. The molecule has 0 spiro atoms. The van der Waals surface area contributed by atoms with E-state index < -0.39 is 0 Å². The van der Waals surface area contributed by atoms with Crippen molar-refractivity contribution in [2.24, 2.45) is 0 Å². The van der Waals surface area contributed by atoms with Gasteiger partial charge in [-0.1, -0.05) is 11.6 Å². The van der Waals surface area contributed by atoms with Crippen LogP contribution in [0.1, 0.15) is 5.69 Å². The van der Waals surface area contributed by atoms with E-state index >= 15 is 0 Å². The third-order valence-electron chi connectivity index (χ3n) is 1.77. The van der Waals surface area contributed by atoms with Gasteiger partial charge in [-0.2, -0.15) is 0 Å². The van der Waals surface area contributed by atoms with Crippen LogP contribution in [-0.2, 0) is 0 Å². The van der Waals surface area contributed by atoms with Crippen molar-refractivity contribution in [1.29, 1.82) is 0 Å². The number of hydrogen-bond acceptors (Lipinski definition) is 5. The van der Waals surface area contributed by atoms with E-state index in [1.54, 1.807) is 18.3 Å². The molecule has 0 aliphatic heterocycles. The van der Waals surface area contributed by atoms with Crippen LogP contribution in [0, 0.1) is 6.92 Å². The number of halogens is 1. The van der Waals surface area contributed by atoms with Gasteiger partial charge in [-0.25, -0.2) is 15.0 Å². The summed E-state index contributed by atoms with van der Waals surface area (Å²) in [7, 11) is 0. The molecule has 82 valence electrons. The predicted molar refractivity (Wildman–Crippen MR) is 64.6 cm³/mol. The first-order chi connectivity index (χ1) is 7.65. The van der Waals surface area contributed by atoms with Crippen LogP contribution in [0.15, 0.2) is 34.4 Å². The normalized spacial score (nSPS) is 10.4. The van der Waals surface area contributed by atoms with Crippen LogP contribution in [0.25, 0.3) is 0 Å². The molecule has 2 heterocycles. The molecule has 2 aromatic rings. The van der Waals surface area contributed by atoms with Gasteiger partial charge in [-0.05, 0) is 36.9 Å². The van der Waals surface area contributed by atoms with Crippen LogP contribution >= 0.6 is 23.4 Å². The summed E-state index contributed by atoms with van der Waals surface area (Å²) in [6.45, 7) is 1.86. The molecule has 0 aromatic carbocycles. The quantitative estimate of drug-likeness (QED) is 0.833. The molecule has 0 saturated carbocycles. The van der Waals surface area contributed by atoms with E-state index in [0.717, 1.165) is 10.7 Å². The third-order valence-corrected chi connectivity index (χ3v) is 3.13. The fraction of sp³-hybridized carbons (Fsp3) is 0.100. The summed E-state index contributed by atoms with van der Waals surface area (Å²) >= 11 is 7.36. The van der Waals surface area contributed by atoms with Crippen LogP contribution in [0.3, 0.4) is 0 Å². The molecule has 2 rings (SSSR count). The Hall–Kier alpha value is -1.33. The highest BCUT2D eigenvalue weighted by atomic mass is 35.5. The second kappa shape index (κ2) is 4.67. The molecule has 0 amide bonds. The third kappa shape index (κ3) is 2.62. The minimum atomic E-state index is 0.259. The maximum Gasteiger partial charge on any atom is 0.221 e. The van der Waals surface area contributed by atoms with Crippen LogP contribution in [-0.4, -0.2) is 15.0 Å². The zero-order valence-corrected chi connectivity index (χ0v) is 10.1. The number of rotatable bonds is 2.